The van der Waals surface area contributed by atoms with Gasteiger partial charge in [0.05, 0.1) is 12.1 Å². The average molecular weight is 293 g/mol. The van der Waals surface area contributed by atoms with Crippen LogP contribution < -0.4 is 5.32 Å². The molecule has 0 spiro atoms. The fourth-order valence-corrected chi connectivity index (χ4v) is 1.70. The zero-order chi connectivity index (χ0) is 16.0. The van der Waals surface area contributed by atoms with Crippen molar-refractivity contribution in [2.45, 2.75) is 26.8 Å². The van der Waals surface area contributed by atoms with E-state index in [1.807, 2.05) is 13.8 Å². The molecule has 0 bridgehead atoms. The zero-order valence-electron chi connectivity index (χ0n) is 12.3. The monoisotopic (exact) mass is 293 g/mol. The first-order valence-electron chi connectivity index (χ1n) is 6.63. The third-order valence-electron chi connectivity index (χ3n) is 2.68. The highest BCUT2D eigenvalue weighted by molar-refractivity contribution is 5.97. The van der Waals surface area contributed by atoms with Crippen molar-refractivity contribution in [2.75, 3.05) is 13.1 Å². The molecule has 0 radical (unpaired) electrons. The van der Waals surface area contributed by atoms with Crippen LogP contribution in [0.25, 0.3) is 0 Å². The van der Waals surface area contributed by atoms with Crippen LogP contribution in [0.2, 0.25) is 0 Å². The van der Waals surface area contributed by atoms with E-state index in [4.69, 9.17) is 5.11 Å². The summed E-state index contributed by atoms with van der Waals surface area (Å²) in [5.41, 5.74) is 0.117. The number of nitrogens with one attached hydrogen (secondary N) is 1. The van der Waals surface area contributed by atoms with Crippen LogP contribution in [0.15, 0.2) is 18.3 Å². The van der Waals surface area contributed by atoms with E-state index in [-0.39, 0.29) is 35.7 Å². The predicted molar refractivity (Wildman–Crippen MR) is 76.1 cm³/mol. The number of carboxylic acids is 1. The van der Waals surface area contributed by atoms with Crippen molar-refractivity contribution < 1.29 is 19.5 Å². The van der Waals surface area contributed by atoms with Gasteiger partial charge in [0.25, 0.3) is 5.91 Å². The summed E-state index contributed by atoms with van der Waals surface area (Å²) in [6.45, 7) is 5.76. The lowest BCUT2D eigenvalue weighted by molar-refractivity contribution is -0.122. The van der Waals surface area contributed by atoms with Crippen LogP contribution in [-0.2, 0) is 4.79 Å². The van der Waals surface area contributed by atoms with Crippen molar-refractivity contribution in [3.8, 4) is 0 Å². The lowest BCUT2D eigenvalue weighted by Gasteiger charge is -2.21. The van der Waals surface area contributed by atoms with Gasteiger partial charge >= 0.3 is 5.97 Å². The molecule has 0 aromatic carbocycles. The highest BCUT2D eigenvalue weighted by Gasteiger charge is 2.18. The van der Waals surface area contributed by atoms with E-state index in [1.54, 1.807) is 6.92 Å². The lowest BCUT2D eigenvalue weighted by atomic mass is 10.2. The average Bonchev–Trinajstić information content (AvgIpc) is 2.43. The number of hydrogen-bond acceptors (Lipinski definition) is 4. The summed E-state index contributed by atoms with van der Waals surface area (Å²) < 4.78 is 0. The Morgan fingerprint density at radius 3 is 2.43 bits per heavy atom. The normalized spacial score (nSPS) is 10.3. The molecule has 21 heavy (non-hydrogen) atoms. The van der Waals surface area contributed by atoms with Gasteiger partial charge in [-0.3, -0.25) is 9.59 Å². The van der Waals surface area contributed by atoms with Gasteiger partial charge in [0.2, 0.25) is 5.91 Å². The summed E-state index contributed by atoms with van der Waals surface area (Å²) in [6.07, 6.45) is 1.20. The molecule has 114 valence electrons. The van der Waals surface area contributed by atoms with Crippen molar-refractivity contribution in [1.82, 2.24) is 15.2 Å². The van der Waals surface area contributed by atoms with Gasteiger partial charge in [-0.1, -0.05) is 0 Å². The number of carbonyl (C=O) groups is 3. The van der Waals surface area contributed by atoms with E-state index in [0.717, 1.165) is 0 Å². The number of carbonyl (C=O) groups excluding carboxylic acids is 2. The maximum atomic E-state index is 12.2. The van der Waals surface area contributed by atoms with E-state index >= 15 is 0 Å². The summed E-state index contributed by atoms with van der Waals surface area (Å²) in [6, 6.07) is 2.65. The van der Waals surface area contributed by atoms with Gasteiger partial charge in [-0.15, -0.1) is 0 Å². The number of carboxylic acid groups (broad SMARTS) is 1. The van der Waals surface area contributed by atoms with Gasteiger partial charge in [-0.25, -0.2) is 9.78 Å². The summed E-state index contributed by atoms with van der Waals surface area (Å²) in [4.78, 5) is 39.7. The number of nitrogens with zero attached hydrogens (tertiary/aromatic N) is 2. The molecule has 0 aliphatic carbocycles. The van der Waals surface area contributed by atoms with Crippen LogP contribution in [0.5, 0.6) is 0 Å². The number of rotatable bonds is 6. The first-order chi connectivity index (χ1) is 9.85. The Hall–Kier alpha value is -2.44. The molecule has 1 heterocycles. The van der Waals surface area contributed by atoms with Crippen LogP contribution in [0, 0.1) is 0 Å². The minimum Gasteiger partial charge on any atom is -0.477 e. The molecule has 2 N–H and O–H groups in total. The topological polar surface area (TPSA) is 99.6 Å². The smallest absolute Gasteiger partial charge is 0.354 e. The SMILES string of the molecule is CCN(CC(=O)NC(C)C)C(=O)c1ccc(C(=O)O)nc1. The van der Waals surface area contributed by atoms with Gasteiger partial charge in [0, 0.05) is 18.8 Å². The molecule has 0 saturated heterocycles. The molecule has 0 saturated carbocycles. The third-order valence-corrected chi connectivity index (χ3v) is 2.68. The Kier molecular flexibility index (Phi) is 5.83. The number of aromatic carboxylic acids is 1. The van der Waals surface area contributed by atoms with Crippen molar-refractivity contribution in [2.24, 2.45) is 0 Å². The molecule has 0 unspecified atom stereocenters. The summed E-state index contributed by atoms with van der Waals surface area (Å²) in [5.74, 6) is -1.76. The molecular formula is C14H19N3O4. The van der Waals surface area contributed by atoms with Crippen LogP contribution in [0.4, 0.5) is 0 Å². The summed E-state index contributed by atoms with van der Waals surface area (Å²) >= 11 is 0. The number of amides is 2. The Labute approximate surface area is 123 Å². The molecule has 1 aromatic heterocycles. The van der Waals surface area contributed by atoms with E-state index in [0.29, 0.717) is 6.54 Å². The standard InChI is InChI=1S/C14H19N3O4/c1-4-17(8-12(18)16-9(2)3)13(19)10-5-6-11(14(20)21)15-7-10/h5-7,9H,4,8H2,1-3H3,(H,16,18)(H,20,21). The second-order valence-corrected chi connectivity index (χ2v) is 4.78. The summed E-state index contributed by atoms with van der Waals surface area (Å²) in [7, 11) is 0. The molecule has 1 aromatic rings. The largest absolute Gasteiger partial charge is 0.477 e. The Morgan fingerprint density at radius 2 is 2.00 bits per heavy atom. The maximum absolute atomic E-state index is 12.2. The molecule has 0 fully saturated rings. The maximum Gasteiger partial charge on any atom is 0.354 e. The van der Waals surface area contributed by atoms with Gasteiger partial charge < -0.3 is 15.3 Å². The van der Waals surface area contributed by atoms with Crippen LogP contribution >= 0.6 is 0 Å². The number of hydrogen-bond donors (Lipinski definition) is 2. The van der Waals surface area contributed by atoms with E-state index in [9.17, 15) is 14.4 Å². The molecule has 7 heteroatoms. The van der Waals surface area contributed by atoms with Crippen LogP contribution in [0.1, 0.15) is 41.6 Å². The number of aromatic nitrogens is 1. The summed E-state index contributed by atoms with van der Waals surface area (Å²) in [5, 5.41) is 11.5. The van der Waals surface area contributed by atoms with Gasteiger partial charge in [0.1, 0.15) is 5.69 Å². The minimum absolute atomic E-state index is 0.00262. The van der Waals surface area contributed by atoms with Crippen molar-refractivity contribution in [3.05, 3.63) is 29.6 Å². The van der Waals surface area contributed by atoms with Crippen molar-refractivity contribution in [3.63, 3.8) is 0 Å². The quantitative estimate of drug-likeness (QED) is 0.807. The fourth-order valence-electron chi connectivity index (χ4n) is 1.70. The molecule has 0 atom stereocenters. The van der Waals surface area contributed by atoms with Crippen LogP contribution in [0.3, 0.4) is 0 Å². The Morgan fingerprint density at radius 1 is 1.33 bits per heavy atom. The van der Waals surface area contributed by atoms with Crippen molar-refractivity contribution in [1.29, 1.82) is 0 Å². The molecule has 0 aliphatic heterocycles. The fraction of sp³-hybridized carbons (Fsp3) is 0.429. The number of likely N-dealkylation sites (N-methyl/N-ethyl adjacent to an activating group) is 1. The first kappa shape index (κ1) is 16.6. The molecule has 0 aliphatic rings. The molecule has 1 rings (SSSR count). The van der Waals surface area contributed by atoms with E-state index < -0.39 is 5.97 Å². The van der Waals surface area contributed by atoms with Gasteiger partial charge in [0.15, 0.2) is 0 Å². The second kappa shape index (κ2) is 7.37. The highest BCUT2D eigenvalue weighted by atomic mass is 16.4. The molecular weight excluding hydrogens is 274 g/mol. The third kappa shape index (κ3) is 4.87. The first-order valence-corrected chi connectivity index (χ1v) is 6.63. The van der Waals surface area contributed by atoms with Crippen molar-refractivity contribution >= 4 is 17.8 Å². The Balaban J connectivity index is 2.78. The zero-order valence-corrected chi connectivity index (χ0v) is 12.3. The predicted octanol–water partition coefficient (Wildman–Crippen LogP) is 0.766. The molecule has 7 nitrogen and oxygen atoms in total. The number of pyridine rings is 1. The molecule has 2 amide bonds. The van der Waals surface area contributed by atoms with E-state index in [1.165, 1.54) is 23.2 Å². The Bertz CT molecular complexity index is 526. The van der Waals surface area contributed by atoms with Crippen LogP contribution in [-0.4, -0.2) is 51.9 Å². The highest BCUT2D eigenvalue weighted by Crippen LogP contribution is 2.05. The van der Waals surface area contributed by atoms with E-state index in [2.05, 4.69) is 10.3 Å². The second-order valence-electron chi connectivity index (χ2n) is 4.78. The van der Waals surface area contributed by atoms with Gasteiger partial charge in [-0.2, -0.15) is 0 Å². The van der Waals surface area contributed by atoms with Gasteiger partial charge in [-0.05, 0) is 32.9 Å². The lowest BCUT2D eigenvalue weighted by Crippen LogP contribution is -2.42. The minimum atomic E-state index is -1.15.